The molecular weight excluding hydrogens is 402 g/mol. The molecule has 0 aliphatic rings. The molecule has 0 unspecified atom stereocenters. The van der Waals surface area contributed by atoms with Gasteiger partial charge in [-0.15, -0.1) is 0 Å². The summed E-state index contributed by atoms with van der Waals surface area (Å²) in [7, 11) is 0. The normalized spacial score (nSPS) is 12.0. The Labute approximate surface area is 155 Å². The zero-order chi connectivity index (χ0) is 19.5. The Hall–Kier alpha value is -2.00. The lowest BCUT2D eigenvalue weighted by Gasteiger charge is -2.16. The highest BCUT2D eigenvalue weighted by atomic mass is 35.5. The molecule has 0 heterocycles. The van der Waals surface area contributed by atoms with Crippen LogP contribution in [0.2, 0.25) is 5.02 Å². The van der Waals surface area contributed by atoms with Crippen LogP contribution in [0.4, 0.5) is 32.0 Å². The Morgan fingerprint density at radius 2 is 1.50 bits per heavy atom. The zero-order valence-corrected chi connectivity index (χ0v) is 14.4. The number of halogens is 7. The first-order valence-electron chi connectivity index (χ1n) is 7.04. The molecule has 0 aromatic heterocycles. The second kappa shape index (κ2) is 7.71. The molecule has 0 fully saturated rings. The van der Waals surface area contributed by atoms with Gasteiger partial charge in [0.15, 0.2) is 5.11 Å². The second-order valence-corrected chi connectivity index (χ2v) is 6.08. The van der Waals surface area contributed by atoms with E-state index in [9.17, 15) is 26.3 Å². The van der Waals surface area contributed by atoms with Gasteiger partial charge < -0.3 is 10.6 Å². The van der Waals surface area contributed by atoms with Crippen LogP contribution in [0.15, 0.2) is 42.5 Å². The van der Waals surface area contributed by atoms with Crippen molar-refractivity contribution in [3.05, 3.63) is 64.2 Å². The molecule has 2 nitrogen and oxygen atoms in total. The van der Waals surface area contributed by atoms with Crippen LogP contribution in [0.1, 0.15) is 16.7 Å². The van der Waals surface area contributed by atoms with Crippen molar-refractivity contribution in [1.82, 2.24) is 5.32 Å². The van der Waals surface area contributed by atoms with Crippen LogP contribution in [0.3, 0.4) is 0 Å². The molecular formula is C16H11ClF6N2S. The highest BCUT2D eigenvalue weighted by Crippen LogP contribution is 2.37. The SMILES string of the molecule is FC(F)(F)c1cc(NC(=S)NCc2cccc(Cl)c2)cc(C(F)(F)F)c1. The van der Waals surface area contributed by atoms with Gasteiger partial charge in [-0.3, -0.25) is 0 Å². The molecule has 0 aliphatic heterocycles. The summed E-state index contributed by atoms with van der Waals surface area (Å²) in [6, 6.07) is 7.89. The maximum Gasteiger partial charge on any atom is 0.416 e. The minimum atomic E-state index is -4.92. The van der Waals surface area contributed by atoms with Crippen molar-refractivity contribution >= 4 is 34.6 Å². The van der Waals surface area contributed by atoms with Gasteiger partial charge in [0.1, 0.15) is 0 Å². The third-order valence-corrected chi connectivity index (χ3v) is 3.67. The number of benzene rings is 2. The van der Waals surface area contributed by atoms with E-state index in [0.29, 0.717) is 17.2 Å². The standard InChI is InChI=1S/C16H11ClF6N2S/c17-12-3-1-2-9(4-12)8-24-14(26)25-13-6-10(15(18,19)20)5-11(7-13)16(21,22)23/h1-7H,8H2,(H2,24,25,26). The smallest absolute Gasteiger partial charge is 0.358 e. The second-order valence-electron chi connectivity index (χ2n) is 5.23. The maximum absolute atomic E-state index is 12.8. The Morgan fingerprint density at radius 1 is 0.923 bits per heavy atom. The average molecular weight is 413 g/mol. The molecule has 2 aromatic carbocycles. The van der Waals surface area contributed by atoms with Gasteiger partial charge in [-0.1, -0.05) is 23.7 Å². The van der Waals surface area contributed by atoms with E-state index >= 15 is 0 Å². The van der Waals surface area contributed by atoms with E-state index in [2.05, 4.69) is 10.6 Å². The maximum atomic E-state index is 12.8. The van der Waals surface area contributed by atoms with Crippen molar-refractivity contribution in [2.24, 2.45) is 0 Å². The topological polar surface area (TPSA) is 24.1 Å². The molecule has 140 valence electrons. The predicted molar refractivity (Wildman–Crippen MR) is 91.0 cm³/mol. The quantitative estimate of drug-likeness (QED) is 0.487. The fourth-order valence-corrected chi connectivity index (χ4v) is 2.43. The van der Waals surface area contributed by atoms with Gasteiger partial charge in [-0.25, -0.2) is 0 Å². The molecule has 10 heteroatoms. The van der Waals surface area contributed by atoms with Crippen LogP contribution in [-0.4, -0.2) is 5.11 Å². The number of hydrogen-bond acceptors (Lipinski definition) is 1. The minimum Gasteiger partial charge on any atom is -0.358 e. The first-order chi connectivity index (χ1) is 11.9. The molecule has 0 saturated carbocycles. The van der Waals surface area contributed by atoms with Crippen molar-refractivity contribution in [2.75, 3.05) is 5.32 Å². The zero-order valence-electron chi connectivity index (χ0n) is 12.8. The van der Waals surface area contributed by atoms with E-state index in [4.69, 9.17) is 23.8 Å². The summed E-state index contributed by atoms with van der Waals surface area (Å²) in [6.45, 7) is 0.192. The van der Waals surface area contributed by atoms with Gasteiger partial charge in [0, 0.05) is 17.3 Å². The third kappa shape index (κ3) is 5.77. The summed E-state index contributed by atoms with van der Waals surface area (Å²) >= 11 is 10.7. The monoisotopic (exact) mass is 412 g/mol. The largest absolute Gasteiger partial charge is 0.416 e. The molecule has 0 bridgehead atoms. The molecule has 0 spiro atoms. The first-order valence-corrected chi connectivity index (χ1v) is 7.82. The predicted octanol–water partition coefficient (Wildman–Crippen LogP) is 5.86. The van der Waals surface area contributed by atoms with Crippen molar-refractivity contribution in [2.45, 2.75) is 18.9 Å². The van der Waals surface area contributed by atoms with Crippen molar-refractivity contribution in [3.8, 4) is 0 Å². The number of hydrogen-bond donors (Lipinski definition) is 2. The fraction of sp³-hybridized carbons (Fsp3) is 0.188. The van der Waals surface area contributed by atoms with Crippen molar-refractivity contribution in [1.29, 1.82) is 0 Å². The van der Waals surface area contributed by atoms with E-state index in [-0.39, 0.29) is 17.7 Å². The summed E-state index contributed by atoms with van der Waals surface area (Å²) in [5.41, 5.74) is -2.53. The number of alkyl halides is 6. The Balaban J connectivity index is 2.15. The van der Waals surface area contributed by atoms with E-state index in [1.54, 1.807) is 24.3 Å². The molecule has 2 aromatic rings. The molecule has 2 rings (SSSR count). The number of thiocarbonyl (C=S) groups is 1. The van der Waals surface area contributed by atoms with E-state index in [1.807, 2.05) is 0 Å². The van der Waals surface area contributed by atoms with Gasteiger partial charge in [0.25, 0.3) is 0 Å². The summed E-state index contributed by atoms with van der Waals surface area (Å²) in [6.07, 6.45) is -9.85. The van der Waals surface area contributed by atoms with Gasteiger partial charge in [-0.2, -0.15) is 26.3 Å². The molecule has 0 atom stereocenters. The minimum absolute atomic E-state index is 0.0492. The Kier molecular flexibility index (Phi) is 6.02. The first kappa shape index (κ1) is 20.3. The van der Waals surface area contributed by atoms with Gasteiger partial charge in [0.2, 0.25) is 0 Å². The van der Waals surface area contributed by atoms with E-state index in [0.717, 1.165) is 5.56 Å². The van der Waals surface area contributed by atoms with Crippen LogP contribution in [0.5, 0.6) is 0 Å². The van der Waals surface area contributed by atoms with Crippen molar-refractivity contribution < 1.29 is 26.3 Å². The summed E-state index contributed by atoms with van der Waals surface area (Å²) in [5.74, 6) is 0. The van der Waals surface area contributed by atoms with Crippen LogP contribution in [-0.2, 0) is 18.9 Å². The summed E-state index contributed by atoms with van der Waals surface area (Å²) in [5, 5.41) is 5.38. The van der Waals surface area contributed by atoms with E-state index < -0.39 is 29.2 Å². The average Bonchev–Trinajstić information content (AvgIpc) is 2.51. The highest BCUT2D eigenvalue weighted by Gasteiger charge is 2.37. The van der Waals surface area contributed by atoms with Crippen LogP contribution < -0.4 is 10.6 Å². The third-order valence-electron chi connectivity index (χ3n) is 3.19. The number of rotatable bonds is 3. The van der Waals surface area contributed by atoms with Gasteiger partial charge in [0.05, 0.1) is 11.1 Å². The van der Waals surface area contributed by atoms with Crippen LogP contribution in [0.25, 0.3) is 0 Å². The van der Waals surface area contributed by atoms with Crippen LogP contribution >= 0.6 is 23.8 Å². The lowest BCUT2D eigenvalue weighted by Crippen LogP contribution is -2.28. The Morgan fingerprint density at radius 3 is 2.00 bits per heavy atom. The van der Waals surface area contributed by atoms with Gasteiger partial charge in [-0.05, 0) is 48.1 Å². The molecule has 0 amide bonds. The van der Waals surface area contributed by atoms with Gasteiger partial charge >= 0.3 is 12.4 Å². The molecule has 26 heavy (non-hydrogen) atoms. The summed E-state index contributed by atoms with van der Waals surface area (Å²) in [4.78, 5) is 0. The number of nitrogens with one attached hydrogen (secondary N) is 2. The fourth-order valence-electron chi connectivity index (χ4n) is 2.03. The summed E-state index contributed by atoms with van der Waals surface area (Å²) < 4.78 is 76.9. The van der Waals surface area contributed by atoms with Crippen LogP contribution in [0, 0.1) is 0 Å². The lowest BCUT2D eigenvalue weighted by molar-refractivity contribution is -0.143. The molecule has 0 saturated heterocycles. The van der Waals surface area contributed by atoms with E-state index in [1.165, 1.54) is 0 Å². The molecule has 0 radical (unpaired) electrons. The molecule has 2 N–H and O–H groups in total. The lowest BCUT2D eigenvalue weighted by atomic mass is 10.1. The highest BCUT2D eigenvalue weighted by molar-refractivity contribution is 7.80. The molecule has 0 aliphatic carbocycles. The van der Waals surface area contributed by atoms with Crippen molar-refractivity contribution in [3.63, 3.8) is 0 Å². The Bertz CT molecular complexity index is 772. The number of anilines is 1.